The first-order valence-corrected chi connectivity index (χ1v) is 10.7. The minimum Gasteiger partial charge on any atom is -0.404 e. The molecule has 1 N–H and O–H groups in total. The third-order valence-corrected chi connectivity index (χ3v) is 6.17. The zero-order valence-corrected chi connectivity index (χ0v) is 18.4. The second-order valence-electron chi connectivity index (χ2n) is 8.62. The lowest BCUT2D eigenvalue weighted by Crippen LogP contribution is -2.48. The van der Waals surface area contributed by atoms with Crippen molar-refractivity contribution in [1.29, 1.82) is 0 Å². The van der Waals surface area contributed by atoms with Gasteiger partial charge in [0.15, 0.2) is 0 Å². The van der Waals surface area contributed by atoms with E-state index in [9.17, 15) is 22.8 Å². The van der Waals surface area contributed by atoms with Gasteiger partial charge in [-0.1, -0.05) is 13.0 Å². The van der Waals surface area contributed by atoms with Gasteiger partial charge in [-0.05, 0) is 35.6 Å². The van der Waals surface area contributed by atoms with Crippen LogP contribution in [0.4, 0.5) is 18.9 Å². The molecule has 2 amide bonds. The molecule has 2 aliphatic rings. The Morgan fingerprint density at radius 3 is 2.76 bits per heavy atom. The van der Waals surface area contributed by atoms with Crippen LogP contribution in [0.25, 0.3) is 0 Å². The van der Waals surface area contributed by atoms with Gasteiger partial charge in [0.05, 0.1) is 18.1 Å². The summed E-state index contributed by atoms with van der Waals surface area (Å²) in [6, 6.07) is 6.69. The fourth-order valence-corrected chi connectivity index (χ4v) is 4.49. The second-order valence-corrected chi connectivity index (χ2v) is 8.62. The van der Waals surface area contributed by atoms with Gasteiger partial charge in [-0.15, -0.1) is 13.2 Å². The van der Waals surface area contributed by atoms with Crippen LogP contribution in [0, 0.1) is 0 Å². The number of anilines is 1. The molecule has 1 aromatic carbocycles. The number of rotatable bonds is 4. The molecule has 1 unspecified atom stereocenters. The number of nitrogens with one attached hydrogen (secondary N) is 1. The number of alkyl halides is 3. The third kappa shape index (κ3) is 5.44. The summed E-state index contributed by atoms with van der Waals surface area (Å²) < 4.78 is 41.2. The SMILES string of the molecule is C[C@H]1CN(C2CCN(C)C(=O)C2)Cc2cc(C(=O)Nc3cncc(OC(F)(F)F)c3)ccc21. The molecule has 2 aromatic rings. The Labute approximate surface area is 189 Å². The highest BCUT2D eigenvalue weighted by Gasteiger charge is 2.33. The maximum absolute atomic E-state index is 12.8. The largest absolute Gasteiger partial charge is 0.573 e. The number of fused-ring (bicyclic) bond motifs is 1. The fraction of sp³-hybridized carbons (Fsp3) is 0.435. The lowest BCUT2D eigenvalue weighted by molar-refractivity contribution is -0.274. The van der Waals surface area contributed by atoms with E-state index in [0.717, 1.165) is 42.9 Å². The zero-order chi connectivity index (χ0) is 23.8. The molecule has 10 heteroatoms. The molecule has 1 saturated heterocycles. The second kappa shape index (κ2) is 9.01. The molecule has 1 aromatic heterocycles. The number of carbonyl (C=O) groups excluding carboxylic acids is 2. The van der Waals surface area contributed by atoms with Crippen LogP contribution in [-0.4, -0.2) is 59.1 Å². The van der Waals surface area contributed by atoms with Crippen LogP contribution in [0.15, 0.2) is 36.7 Å². The van der Waals surface area contributed by atoms with Gasteiger partial charge < -0.3 is 15.0 Å². The van der Waals surface area contributed by atoms with E-state index < -0.39 is 18.0 Å². The highest BCUT2D eigenvalue weighted by molar-refractivity contribution is 6.04. The number of carbonyl (C=O) groups is 2. The summed E-state index contributed by atoms with van der Waals surface area (Å²) in [6.07, 6.45) is -1.27. The number of hydrogen-bond donors (Lipinski definition) is 1. The van der Waals surface area contributed by atoms with E-state index in [2.05, 4.69) is 26.9 Å². The third-order valence-electron chi connectivity index (χ3n) is 6.17. The monoisotopic (exact) mass is 462 g/mol. The number of aromatic nitrogens is 1. The smallest absolute Gasteiger partial charge is 0.404 e. The molecule has 4 rings (SSSR count). The van der Waals surface area contributed by atoms with E-state index in [0.29, 0.717) is 18.5 Å². The highest BCUT2D eigenvalue weighted by atomic mass is 19.4. The van der Waals surface area contributed by atoms with Gasteiger partial charge in [0.2, 0.25) is 5.91 Å². The van der Waals surface area contributed by atoms with Crippen LogP contribution in [0.5, 0.6) is 5.75 Å². The number of pyridine rings is 1. The van der Waals surface area contributed by atoms with Gasteiger partial charge in [-0.25, -0.2) is 0 Å². The van der Waals surface area contributed by atoms with E-state index in [1.54, 1.807) is 11.0 Å². The Balaban J connectivity index is 1.48. The number of nitrogens with zero attached hydrogens (tertiary/aromatic N) is 3. The Bertz CT molecular complexity index is 1060. The molecule has 7 nitrogen and oxygen atoms in total. The fourth-order valence-electron chi connectivity index (χ4n) is 4.49. The quantitative estimate of drug-likeness (QED) is 0.749. The molecule has 2 atom stereocenters. The van der Waals surface area contributed by atoms with Crippen molar-refractivity contribution in [2.24, 2.45) is 0 Å². The number of likely N-dealkylation sites (tertiary alicyclic amines) is 1. The van der Waals surface area contributed by atoms with Crippen molar-refractivity contribution in [1.82, 2.24) is 14.8 Å². The number of benzene rings is 1. The van der Waals surface area contributed by atoms with Crippen LogP contribution in [0.2, 0.25) is 0 Å². The Morgan fingerprint density at radius 1 is 1.24 bits per heavy atom. The van der Waals surface area contributed by atoms with Gasteiger partial charge in [-0.3, -0.25) is 19.5 Å². The van der Waals surface area contributed by atoms with Crippen molar-refractivity contribution < 1.29 is 27.5 Å². The van der Waals surface area contributed by atoms with E-state index >= 15 is 0 Å². The normalized spacial score (nSPS) is 21.5. The van der Waals surface area contributed by atoms with Crippen molar-refractivity contribution in [3.8, 4) is 5.75 Å². The molecule has 0 radical (unpaired) electrons. The molecular formula is C23H25F3N4O3. The molecular weight excluding hydrogens is 437 g/mol. The number of hydrogen-bond acceptors (Lipinski definition) is 5. The number of piperidine rings is 1. The number of ether oxygens (including phenoxy) is 1. The summed E-state index contributed by atoms with van der Waals surface area (Å²) >= 11 is 0. The zero-order valence-electron chi connectivity index (χ0n) is 18.4. The van der Waals surface area contributed by atoms with Crippen molar-refractivity contribution >= 4 is 17.5 Å². The van der Waals surface area contributed by atoms with Crippen molar-refractivity contribution in [2.45, 2.75) is 44.6 Å². The van der Waals surface area contributed by atoms with Crippen LogP contribution in [-0.2, 0) is 11.3 Å². The van der Waals surface area contributed by atoms with Gasteiger partial charge in [0.25, 0.3) is 5.91 Å². The highest BCUT2D eigenvalue weighted by Crippen LogP contribution is 2.32. The maximum atomic E-state index is 12.8. The molecule has 0 spiro atoms. The average Bonchev–Trinajstić information content (AvgIpc) is 2.74. The van der Waals surface area contributed by atoms with Crippen LogP contribution in [0.1, 0.15) is 47.2 Å². The topological polar surface area (TPSA) is 74.8 Å². The van der Waals surface area contributed by atoms with Crippen LogP contribution >= 0.6 is 0 Å². The molecule has 176 valence electrons. The van der Waals surface area contributed by atoms with Gasteiger partial charge >= 0.3 is 6.36 Å². The van der Waals surface area contributed by atoms with E-state index in [-0.39, 0.29) is 23.6 Å². The van der Waals surface area contributed by atoms with Crippen molar-refractivity contribution in [3.05, 3.63) is 53.3 Å². The van der Waals surface area contributed by atoms with E-state index in [4.69, 9.17) is 0 Å². The summed E-state index contributed by atoms with van der Waals surface area (Å²) in [6.45, 7) is 4.34. The maximum Gasteiger partial charge on any atom is 0.573 e. The molecule has 0 saturated carbocycles. The van der Waals surface area contributed by atoms with Crippen LogP contribution in [0.3, 0.4) is 0 Å². The predicted molar refractivity (Wildman–Crippen MR) is 115 cm³/mol. The number of amides is 2. The summed E-state index contributed by atoms with van der Waals surface area (Å²) in [4.78, 5) is 32.7. The summed E-state index contributed by atoms with van der Waals surface area (Å²) in [5.41, 5.74) is 2.66. The average molecular weight is 462 g/mol. The van der Waals surface area contributed by atoms with Gasteiger partial charge in [0, 0.05) is 50.8 Å². The lowest BCUT2D eigenvalue weighted by Gasteiger charge is -2.41. The number of halogens is 3. The molecule has 2 aliphatic heterocycles. The first kappa shape index (κ1) is 23.0. The Hall–Kier alpha value is -3.14. The molecule has 33 heavy (non-hydrogen) atoms. The van der Waals surface area contributed by atoms with Gasteiger partial charge in [-0.2, -0.15) is 0 Å². The van der Waals surface area contributed by atoms with E-state index in [1.807, 2.05) is 19.2 Å². The Kier molecular flexibility index (Phi) is 6.29. The minimum absolute atomic E-state index is 0.0966. The lowest BCUT2D eigenvalue weighted by atomic mass is 9.87. The van der Waals surface area contributed by atoms with Crippen molar-refractivity contribution in [3.63, 3.8) is 0 Å². The first-order valence-electron chi connectivity index (χ1n) is 10.7. The Morgan fingerprint density at radius 2 is 2.03 bits per heavy atom. The summed E-state index contributed by atoms with van der Waals surface area (Å²) in [5, 5.41) is 2.58. The predicted octanol–water partition coefficient (Wildman–Crippen LogP) is 3.77. The summed E-state index contributed by atoms with van der Waals surface area (Å²) in [7, 11) is 1.82. The van der Waals surface area contributed by atoms with Crippen molar-refractivity contribution in [2.75, 3.05) is 25.5 Å². The van der Waals surface area contributed by atoms with E-state index in [1.165, 1.54) is 6.20 Å². The molecule has 3 heterocycles. The van der Waals surface area contributed by atoms with Gasteiger partial charge in [0.1, 0.15) is 5.75 Å². The standard InChI is InChI=1S/C23H25F3N4O3/c1-14-12-30(18-5-6-29(2)21(31)9-18)13-16-7-15(3-4-20(14)16)22(32)28-17-8-19(11-27-10-17)33-23(24,25)26/h3-4,7-8,10-11,14,18H,5-6,9,12-13H2,1-2H3,(H,28,32)/t14-,18?/m0/s1. The first-order chi connectivity index (χ1) is 15.6. The molecule has 0 aliphatic carbocycles. The summed E-state index contributed by atoms with van der Waals surface area (Å²) in [5.74, 6) is -0.574. The molecule has 0 bridgehead atoms. The molecule has 1 fully saturated rings. The minimum atomic E-state index is -4.84. The van der Waals surface area contributed by atoms with Crippen LogP contribution < -0.4 is 10.1 Å².